The summed E-state index contributed by atoms with van der Waals surface area (Å²) >= 11 is 13.4. The summed E-state index contributed by atoms with van der Waals surface area (Å²) in [5.41, 5.74) is 5.82. The molecule has 0 saturated carbocycles. The molecule has 0 spiro atoms. The average molecular weight is 1090 g/mol. The first-order chi connectivity index (χ1) is 36.2. The highest BCUT2D eigenvalue weighted by Gasteiger charge is 2.32. The lowest BCUT2D eigenvalue weighted by Crippen LogP contribution is -2.20. The highest BCUT2D eigenvalue weighted by molar-refractivity contribution is 6.33. The molecule has 0 N–H and O–H groups in total. The van der Waals surface area contributed by atoms with Crippen molar-refractivity contribution < 1.29 is 78.5 Å². The van der Waals surface area contributed by atoms with Gasteiger partial charge in [-0.3, -0.25) is 9.97 Å². The van der Waals surface area contributed by atoms with Crippen molar-refractivity contribution in [3.05, 3.63) is 154 Å². The molecule has 0 aliphatic heterocycles. The average Bonchev–Trinajstić information content (AvgIpc) is 3.40. The van der Waals surface area contributed by atoms with E-state index in [-0.39, 0.29) is 34.8 Å². The lowest BCUT2D eigenvalue weighted by atomic mass is 9.91. The molecule has 8 aromatic rings. The summed E-state index contributed by atoms with van der Waals surface area (Å²) in [7, 11) is 5.85. The van der Waals surface area contributed by atoms with Crippen LogP contribution in [0.2, 0.25) is 10.0 Å². The van der Waals surface area contributed by atoms with Gasteiger partial charge in [0.2, 0.25) is 0 Å². The second-order valence-electron chi connectivity index (χ2n) is 16.6. The van der Waals surface area contributed by atoms with Gasteiger partial charge in [0.25, 0.3) is 0 Å². The van der Waals surface area contributed by atoms with Crippen LogP contribution in [0.3, 0.4) is 0 Å². The largest absolute Gasteiger partial charge is 0.573 e. The summed E-state index contributed by atoms with van der Waals surface area (Å²) in [6.45, 7) is 2.90. The minimum atomic E-state index is -4.84. The maximum absolute atomic E-state index is 13.7. The standard InChI is InChI=1S/C55H44Cl2F6N2O11/c1-29-49(31-7-11-33(12-8-31)73-35-15-19-37(20-16-35)75-54(58,59)60)51(39-23-41(56)45(67-3)25-43(39)64-29)47(69-5)27-71-53(66)72-28-48(70-6)52-40-24-42(57)46(68-4)26-44(40)65-30(2)50(52)32-9-13-34(14-10-32)74-36-17-21-38(22-18-36)76-55(61,62)63/h7-26,47-48H,27-28H2,1-6H3. The fourth-order valence-electron chi connectivity index (χ4n) is 8.48. The van der Waals surface area contributed by atoms with Crippen LogP contribution < -0.4 is 28.4 Å². The van der Waals surface area contributed by atoms with E-state index in [2.05, 4.69) is 9.47 Å². The van der Waals surface area contributed by atoms with Crippen LogP contribution >= 0.6 is 23.2 Å². The summed E-state index contributed by atoms with van der Waals surface area (Å²) in [5.74, 6) is 1.23. The van der Waals surface area contributed by atoms with E-state index in [1.54, 1.807) is 86.6 Å². The maximum Gasteiger partial charge on any atom is 0.573 e. The van der Waals surface area contributed by atoms with E-state index in [4.69, 9.17) is 71.1 Å². The molecular weight excluding hydrogens is 1050 g/mol. The molecule has 0 radical (unpaired) electrons. The van der Waals surface area contributed by atoms with Crippen molar-refractivity contribution >= 4 is 51.2 Å². The molecule has 2 aromatic heterocycles. The van der Waals surface area contributed by atoms with Gasteiger partial charge in [-0.05, 0) is 110 Å². The number of fused-ring (bicyclic) bond motifs is 2. The highest BCUT2D eigenvalue weighted by Crippen LogP contribution is 2.44. The number of nitrogens with zero attached hydrogens (tertiary/aromatic N) is 2. The second kappa shape index (κ2) is 23.0. The van der Waals surface area contributed by atoms with Gasteiger partial charge in [-0.15, -0.1) is 26.3 Å². The molecule has 0 aliphatic rings. The Morgan fingerprint density at radius 2 is 0.816 bits per heavy atom. The van der Waals surface area contributed by atoms with Gasteiger partial charge in [0, 0.05) is 70.8 Å². The SMILES string of the molecule is COc1cc2nc(C)c(-c3ccc(Oc4ccc(OC(F)(F)F)cc4)cc3)c(C(COC(=O)OCC(OC)c3c(-c4ccc(Oc5ccc(OC(F)(F)F)cc5)cc4)c(C)nc4cc(OC)c(Cl)cc34)OC)c2cc1Cl. The number of carbonyl (C=O) groups is 1. The molecule has 2 unspecified atom stereocenters. The van der Waals surface area contributed by atoms with Crippen molar-refractivity contribution in [1.29, 1.82) is 0 Å². The molecule has 2 heterocycles. The number of methoxy groups -OCH3 is 4. The van der Waals surface area contributed by atoms with E-state index in [9.17, 15) is 31.1 Å². The number of benzene rings is 6. The molecule has 0 saturated heterocycles. The van der Waals surface area contributed by atoms with Gasteiger partial charge in [-0.2, -0.15) is 0 Å². The van der Waals surface area contributed by atoms with E-state index in [0.717, 1.165) is 24.3 Å². The quantitative estimate of drug-likeness (QED) is 0.0596. The molecule has 0 bridgehead atoms. The molecule has 396 valence electrons. The number of alkyl halides is 6. The Bertz CT molecular complexity index is 3140. The number of hydrogen-bond acceptors (Lipinski definition) is 13. The Morgan fingerprint density at radius 3 is 1.12 bits per heavy atom. The minimum Gasteiger partial charge on any atom is -0.495 e. The number of pyridine rings is 2. The summed E-state index contributed by atoms with van der Waals surface area (Å²) < 4.78 is 131. The van der Waals surface area contributed by atoms with Crippen LogP contribution in [0.1, 0.15) is 34.7 Å². The van der Waals surface area contributed by atoms with Gasteiger partial charge in [0.15, 0.2) is 0 Å². The molecule has 2 atom stereocenters. The van der Waals surface area contributed by atoms with Crippen LogP contribution in [0.5, 0.6) is 46.0 Å². The number of hydrogen-bond donors (Lipinski definition) is 0. The first kappa shape index (κ1) is 54.5. The first-order valence-electron chi connectivity index (χ1n) is 22.7. The molecule has 0 fully saturated rings. The molecular formula is C55H44Cl2F6N2O11. The zero-order chi connectivity index (χ0) is 54.5. The predicted molar refractivity (Wildman–Crippen MR) is 270 cm³/mol. The Kier molecular flexibility index (Phi) is 16.5. The van der Waals surface area contributed by atoms with Crippen molar-refractivity contribution in [2.24, 2.45) is 0 Å². The number of aryl methyl sites for hydroxylation is 2. The third kappa shape index (κ3) is 12.9. The van der Waals surface area contributed by atoms with E-state index in [0.29, 0.717) is 89.6 Å². The number of aromatic nitrogens is 2. The lowest BCUT2D eigenvalue weighted by molar-refractivity contribution is -0.275. The van der Waals surface area contributed by atoms with Crippen LogP contribution in [-0.4, -0.2) is 70.5 Å². The van der Waals surface area contributed by atoms with Gasteiger partial charge < -0.3 is 47.4 Å². The van der Waals surface area contributed by atoms with Crippen molar-refractivity contribution in [1.82, 2.24) is 9.97 Å². The van der Waals surface area contributed by atoms with Crippen LogP contribution in [0.25, 0.3) is 44.1 Å². The highest BCUT2D eigenvalue weighted by atomic mass is 35.5. The Balaban J connectivity index is 1.05. The first-order valence-corrected chi connectivity index (χ1v) is 23.5. The molecule has 76 heavy (non-hydrogen) atoms. The fraction of sp³-hybridized carbons (Fsp3) is 0.218. The molecule has 0 aliphatic carbocycles. The van der Waals surface area contributed by atoms with E-state index >= 15 is 0 Å². The van der Waals surface area contributed by atoms with Gasteiger partial charge in [0.05, 0.1) is 35.3 Å². The molecule has 6 aromatic carbocycles. The Morgan fingerprint density at radius 1 is 0.500 bits per heavy atom. The Labute approximate surface area is 440 Å². The second-order valence-corrected chi connectivity index (χ2v) is 17.4. The van der Waals surface area contributed by atoms with Crippen molar-refractivity contribution in [3.63, 3.8) is 0 Å². The predicted octanol–water partition coefficient (Wildman–Crippen LogP) is 15.7. The molecule has 21 heteroatoms. The van der Waals surface area contributed by atoms with Crippen LogP contribution in [-0.2, 0) is 18.9 Å². The van der Waals surface area contributed by atoms with Crippen LogP contribution in [0.15, 0.2) is 121 Å². The van der Waals surface area contributed by atoms with E-state index < -0.39 is 42.6 Å². The summed E-state index contributed by atoms with van der Waals surface area (Å²) in [5, 5.41) is 1.68. The molecule has 0 amide bonds. The van der Waals surface area contributed by atoms with E-state index in [1.807, 2.05) is 0 Å². The molecule has 8 rings (SSSR count). The number of halogens is 8. The number of ether oxygens (including phenoxy) is 10. The van der Waals surface area contributed by atoms with Crippen LogP contribution in [0, 0.1) is 13.8 Å². The van der Waals surface area contributed by atoms with Gasteiger partial charge in [-0.25, -0.2) is 4.79 Å². The summed E-state index contributed by atoms with van der Waals surface area (Å²) in [6.07, 6.45) is -12.6. The van der Waals surface area contributed by atoms with Gasteiger partial charge >= 0.3 is 18.9 Å². The van der Waals surface area contributed by atoms with Crippen molar-refractivity contribution in [3.8, 4) is 68.2 Å². The maximum atomic E-state index is 13.7. The van der Waals surface area contributed by atoms with Crippen molar-refractivity contribution in [2.75, 3.05) is 41.7 Å². The third-order valence-electron chi connectivity index (χ3n) is 11.7. The van der Waals surface area contributed by atoms with E-state index in [1.165, 1.54) is 52.7 Å². The topological polar surface area (TPSA) is 135 Å². The minimum absolute atomic E-state index is 0.263. The van der Waals surface area contributed by atoms with Crippen LogP contribution in [0.4, 0.5) is 31.1 Å². The van der Waals surface area contributed by atoms with Crippen molar-refractivity contribution in [2.45, 2.75) is 38.8 Å². The van der Waals surface area contributed by atoms with Gasteiger partial charge in [-0.1, -0.05) is 47.5 Å². The number of rotatable bonds is 18. The fourth-order valence-corrected chi connectivity index (χ4v) is 8.96. The summed E-state index contributed by atoms with van der Waals surface area (Å²) in [6, 6.07) is 30.4. The zero-order valence-corrected chi connectivity index (χ0v) is 42.5. The lowest BCUT2D eigenvalue weighted by Gasteiger charge is -2.24. The molecule has 13 nitrogen and oxygen atoms in total. The summed E-state index contributed by atoms with van der Waals surface area (Å²) in [4.78, 5) is 23.5. The zero-order valence-electron chi connectivity index (χ0n) is 41.0. The Hall–Kier alpha value is -7.71. The monoisotopic (exact) mass is 1090 g/mol. The smallest absolute Gasteiger partial charge is 0.495 e. The normalized spacial score (nSPS) is 12.5. The van der Waals surface area contributed by atoms with Gasteiger partial charge in [0.1, 0.15) is 71.4 Å². The number of carbonyl (C=O) groups excluding carboxylic acids is 1. The third-order valence-corrected chi connectivity index (χ3v) is 12.3.